The molecular formula is C26H18ClFN4O2. The Kier molecular flexibility index (Phi) is 5.47. The molecule has 0 amide bonds. The number of carboxylic acids is 1. The van der Waals surface area contributed by atoms with Crippen molar-refractivity contribution < 1.29 is 14.3 Å². The third kappa shape index (κ3) is 3.97. The monoisotopic (exact) mass is 472 g/mol. The number of carbonyl (C=O) groups is 1. The van der Waals surface area contributed by atoms with Gasteiger partial charge < -0.3 is 15.7 Å². The maximum atomic E-state index is 14.7. The average Bonchev–Trinajstić information content (AvgIpc) is 2.97. The van der Waals surface area contributed by atoms with Crippen LogP contribution in [0, 0.1) is 12.7 Å². The van der Waals surface area contributed by atoms with Crippen molar-refractivity contribution in [2.45, 2.75) is 6.92 Å². The van der Waals surface area contributed by atoms with E-state index in [1.807, 2.05) is 6.07 Å². The number of hydrogen-bond acceptors (Lipinski definition) is 5. The third-order valence-corrected chi connectivity index (χ3v) is 5.78. The molecule has 6 nitrogen and oxygen atoms in total. The minimum atomic E-state index is -1.00. The molecule has 0 saturated carbocycles. The first-order valence-corrected chi connectivity index (χ1v) is 10.8. The smallest absolute Gasteiger partial charge is 0.336 e. The van der Waals surface area contributed by atoms with Gasteiger partial charge in [-0.15, -0.1) is 0 Å². The summed E-state index contributed by atoms with van der Waals surface area (Å²) in [5.41, 5.74) is 3.57. The molecule has 0 spiro atoms. The Morgan fingerprint density at radius 2 is 1.88 bits per heavy atom. The number of aliphatic imine (C=N–C) groups is 2. The second kappa shape index (κ2) is 8.61. The van der Waals surface area contributed by atoms with E-state index in [1.54, 1.807) is 67.9 Å². The quantitative estimate of drug-likeness (QED) is 0.541. The molecule has 0 aromatic heterocycles. The zero-order valence-corrected chi connectivity index (χ0v) is 18.7. The van der Waals surface area contributed by atoms with E-state index in [9.17, 15) is 14.3 Å². The minimum absolute atomic E-state index is 0.205. The highest BCUT2D eigenvalue weighted by Gasteiger charge is 2.18. The van der Waals surface area contributed by atoms with Gasteiger partial charge >= 0.3 is 5.97 Å². The Labute approximate surface area is 199 Å². The minimum Gasteiger partial charge on any atom is -0.478 e. The highest BCUT2D eigenvalue weighted by atomic mass is 35.5. The molecule has 168 valence electrons. The number of anilines is 1. The molecule has 2 aliphatic rings. The van der Waals surface area contributed by atoms with Crippen LogP contribution in [-0.4, -0.2) is 23.2 Å². The normalized spacial score (nSPS) is 14.3. The van der Waals surface area contributed by atoms with Gasteiger partial charge in [-0.05, 0) is 48.9 Å². The number of benzene rings is 3. The number of rotatable bonds is 3. The molecule has 0 radical (unpaired) electrons. The summed E-state index contributed by atoms with van der Waals surface area (Å²) in [5, 5.41) is 17.5. The van der Waals surface area contributed by atoms with Gasteiger partial charge in [-0.3, -0.25) is 4.99 Å². The van der Waals surface area contributed by atoms with Crippen LogP contribution in [0.5, 0.6) is 0 Å². The van der Waals surface area contributed by atoms with Crippen molar-refractivity contribution in [1.82, 2.24) is 5.32 Å². The fraction of sp³-hybridized carbons (Fsp3) is 0.0385. The molecule has 3 aromatic carbocycles. The van der Waals surface area contributed by atoms with Crippen LogP contribution in [0.1, 0.15) is 21.5 Å². The molecule has 34 heavy (non-hydrogen) atoms. The molecule has 0 atom stereocenters. The lowest BCUT2D eigenvalue weighted by Crippen LogP contribution is -2.34. The number of hydrogen-bond donors (Lipinski definition) is 3. The number of nitrogens with zero attached hydrogens (tertiary/aromatic N) is 2. The highest BCUT2D eigenvalue weighted by molar-refractivity contribution is 6.30. The summed E-state index contributed by atoms with van der Waals surface area (Å²) >= 11 is 6.30. The van der Waals surface area contributed by atoms with E-state index in [0.29, 0.717) is 50.0 Å². The Morgan fingerprint density at radius 1 is 1.06 bits per heavy atom. The van der Waals surface area contributed by atoms with E-state index in [2.05, 4.69) is 15.6 Å². The van der Waals surface area contributed by atoms with Crippen LogP contribution in [0.15, 0.2) is 82.4 Å². The van der Waals surface area contributed by atoms with Crippen molar-refractivity contribution in [2.24, 2.45) is 9.98 Å². The van der Waals surface area contributed by atoms with E-state index in [1.165, 1.54) is 6.07 Å². The number of fused-ring (bicyclic) bond motifs is 2. The summed E-state index contributed by atoms with van der Waals surface area (Å²) < 4.78 is 14.7. The van der Waals surface area contributed by atoms with Gasteiger partial charge in [0.25, 0.3) is 0 Å². The van der Waals surface area contributed by atoms with Crippen LogP contribution in [0.2, 0.25) is 5.02 Å². The molecule has 0 bridgehead atoms. The summed E-state index contributed by atoms with van der Waals surface area (Å²) in [5.74, 6) is -0.983. The second-order valence-electron chi connectivity index (χ2n) is 7.79. The van der Waals surface area contributed by atoms with Gasteiger partial charge in [-0.25, -0.2) is 14.2 Å². The predicted octanol–water partition coefficient (Wildman–Crippen LogP) is 3.79. The van der Waals surface area contributed by atoms with Gasteiger partial charge in [0.2, 0.25) is 5.96 Å². The van der Waals surface area contributed by atoms with Gasteiger partial charge in [0.1, 0.15) is 5.82 Å². The van der Waals surface area contributed by atoms with E-state index in [4.69, 9.17) is 16.6 Å². The van der Waals surface area contributed by atoms with Crippen LogP contribution in [0.4, 0.5) is 10.1 Å². The predicted molar refractivity (Wildman–Crippen MR) is 132 cm³/mol. The fourth-order valence-corrected chi connectivity index (χ4v) is 4.03. The molecule has 0 aliphatic carbocycles. The first-order valence-electron chi connectivity index (χ1n) is 10.4. The molecule has 8 heteroatoms. The fourth-order valence-electron chi connectivity index (χ4n) is 3.86. The first kappa shape index (κ1) is 21.6. The topological polar surface area (TPSA) is 86.1 Å². The molecule has 3 N–H and O–H groups in total. The zero-order chi connectivity index (χ0) is 23.8. The standard InChI is InChI=1S/C26H18ClFN4O2/c1-14-6-8-17(11-20(14)25(33)34)31-26-30-13-15-12-29-24(19-4-2-3-5-22(19)28)21-10-16(27)7-9-18(21)23(15)32-26/h2-13H,1H3,(H,33,34)(H2,30,31,32). The van der Waals surface area contributed by atoms with Crippen molar-refractivity contribution in [3.8, 4) is 0 Å². The molecule has 2 aliphatic heterocycles. The van der Waals surface area contributed by atoms with Crippen molar-refractivity contribution in [1.29, 1.82) is 0 Å². The Morgan fingerprint density at radius 3 is 2.68 bits per heavy atom. The maximum Gasteiger partial charge on any atom is 0.336 e. The molecular weight excluding hydrogens is 455 g/mol. The van der Waals surface area contributed by atoms with Crippen LogP contribution in [-0.2, 0) is 0 Å². The largest absolute Gasteiger partial charge is 0.478 e. The van der Waals surface area contributed by atoms with Gasteiger partial charge in [-0.1, -0.05) is 35.9 Å². The Hall–Kier alpha value is -4.23. The molecule has 5 rings (SSSR count). The van der Waals surface area contributed by atoms with E-state index < -0.39 is 5.97 Å². The van der Waals surface area contributed by atoms with Gasteiger partial charge in [0.05, 0.1) is 17.0 Å². The van der Waals surface area contributed by atoms with Crippen LogP contribution in [0.3, 0.4) is 0 Å². The number of carboxylic acid groups (broad SMARTS) is 1. The van der Waals surface area contributed by atoms with Crippen molar-refractivity contribution >= 4 is 46.8 Å². The summed E-state index contributed by atoms with van der Waals surface area (Å²) in [7, 11) is 0. The Balaban J connectivity index is 1.68. The average molecular weight is 473 g/mol. The summed E-state index contributed by atoms with van der Waals surface area (Å²) in [6, 6.07) is 16.8. The Bertz CT molecular complexity index is 1570. The first-order chi connectivity index (χ1) is 16.4. The van der Waals surface area contributed by atoms with Crippen LogP contribution < -0.4 is 21.1 Å². The van der Waals surface area contributed by atoms with E-state index in [0.717, 1.165) is 5.22 Å². The van der Waals surface area contributed by atoms with Gasteiger partial charge in [0.15, 0.2) is 0 Å². The van der Waals surface area contributed by atoms with Gasteiger partial charge in [-0.2, -0.15) is 0 Å². The number of aryl methyl sites for hydroxylation is 1. The molecule has 0 fully saturated rings. The number of nitrogens with one attached hydrogen (secondary N) is 2. The highest BCUT2D eigenvalue weighted by Crippen LogP contribution is 2.22. The van der Waals surface area contributed by atoms with E-state index in [-0.39, 0.29) is 11.4 Å². The molecule has 0 saturated heterocycles. The third-order valence-electron chi connectivity index (χ3n) is 5.55. The molecule has 3 aromatic rings. The maximum absolute atomic E-state index is 14.7. The van der Waals surface area contributed by atoms with Crippen LogP contribution in [0.25, 0.3) is 11.4 Å². The summed E-state index contributed by atoms with van der Waals surface area (Å²) in [4.78, 5) is 20.8. The summed E-state index contributed by atoms with van der Waals surface area (Å²) in [6.45, 7) is 1.74. The number of guanidine groups is 1. The molecule has 2 heterocycles. The second-order valence-corrected chi connectivity index (χ2v) is 8.23. The molecule has 0 unspecified atom stereocenters. The number of halogens is 2. The van der Waals surface area contributed by atoms with Crippen LogP contribution >= 0.6 is 11.6 Å². The van der Waals surface area contributed by atoms with Crippen molar-refractivity contribution in [2.75, 3.05) is 5.32 Å². The van der Waals surface area contributed by atoms with Crippen molar-refractivity contribution in [3.05, 3.63) is 110 Å². The van der Waals surface area contributed by atoms with Gasteiger partial charge in [0, 0.05) is 44.7 Å². The lowest BCUT2D eigenvalue weighted by molar-refractivity contribution is 0.0696. The number of aromatic carboxylic acids is 1. The summed E-state index contributed by atoms with van der Waals surface area (Å²) in [6.07, 6.45) is 3.37. The SMILES string of the molecule is Cc1ccc(NC2=NC3=c4ccc(Cl)cc4=C(c4ccccc4F)N=CC3=CN2)cc1C(=O)O. The lowest BCUT2D eigenvalue weighted by atomic mass is 10.1. The lowest BCUT2D eigenvalue weighted by Gasteiger charge is -2.17. The van der Waals surface area contributed by atoms with E-state index >= 15 is 0 Å². The zero-order valence-electron chi connectivity index (χ0n) is 17.9. The van der Waals surface area contributed by atoms with Crippen molar-refractivity contribution in [3.63, 3.8) is 0 Å².